The first kappa shape index (κ1) is 16.5. The molecule has 0 bridgehead atoms. The summed E-state index contributed by atoms with van der Waals surface area (Å²) in [6.07, 6.45) is 3.95. The van der Waals surface area contributed by atoms with Crippen LogP contribution >= 0.6 is 0 Å². The maximum absolute atomic E-state index is 12.5. The van der Waals surface area contributed by atoms with Crippen LogP contribution in [0.25, 0.3) is 0 Å². The predicted octanol–water partition coefficient (Wildman–Crippen LogP) is 2.81. The standard InChI is InChI=1S/C17H23NO4/c1-2-11-22-15-7-4-9-18(10-8-15)16(19)13-5-3-6-14(12-13)17(20)21/h3,5-6,12,15H,2,4,7-11H2,1H3,(H,20,21). The van der Waals surface area contributed by atoms with Crippen LogP contribution in [-0.2, 0) is 4.74 Å². The number of hydrogen-bond acceptors (Lipinski definition) is 3. The number of carbonyl (C=O) groups excluding carboxylic acids is 1. The fraction of sp³-hybridized carbons (Fsp3) is 0.529. The van der Waals surface area contributed by atoms with Gasteiger partial charge in [0.25, 0.3) is 5.91 Å². The van der Waals surface area contributed by atoms with Gasteiger partial charge >= 0.3 is 5.97 Å². The van der Waals surface area contributed by atoms with Gasteiger partial charge in [-0.2, -0.15) is 0 Å². The lowest BCUT2D eigenvalue weighted by Crippen LogP contribution is -2.32. The van der Waals surface area contributed by atoms with Crippen molar-refractivity contribution in [2.45, 2.75) is 38.7 Å². The summed E-state index contributed by atoms with van der Waals surface area (Å²) < 4.78 is 5.78. The van der Waals surface area contributed by atoms with E-state index in [9.17, 15) is 9.59 Å². The van der Waals surface area contributed by atoms with Crippen LogP contribution in [0.15, 0.2) is 24.3 Å². The van der Waals surface area contributed by atoms with Crippen molar-refractivity contribution in [1.82, 2.24) is 4.90 Å². The van der Waals surface area contributed by atoms with Crippen LogP contribution in [-0.4, -0.2) is 47.7 Å². The Labute approximate surface area is 130 Å². The van der Waals surface area contributed by atoms with E-state index in [2.05, 4.69) is 6.92 Å². The van der Waals surface area contributed by atoms with Crippen LogP contribution in [0.1, 0.15) is 53.3 Å². The number of benzene rings is 1. The zero-order valence-corrected chi connectivity index (χ0v) is 13.0. The molecule has 1 unspecified atom stereocenters. The molecule has 0 spiro atoms. The molecule has 0 radical (unpaired) electrons. The second-order valence-electron chi connectivity index (χ2n) is 5.60. The SMILES string of the molecule is CCCOC1CCCN(C(=O)c2cccc(C(=O)O)c2)CC1. The van der Waals surface area contributed by atoms with E-state index < -0.39 is 5.97 Å². The van der Waals surface area contributed by atoms with E-state index in [0.717, 1.165) is 32.3 Å². The van der Waals surface area contributed by atoms with E-state index in [4.69, 9.17) is 9.84 Å². The highest BCUT2D eigenvalue weighted by Crippen LogP contribution is 2.17. The lowest BCUT2D eigenvalue weighted by Gasteiger charge is -2.21. The quantitative estimate of drug-likeness (QED) is 0.908. The Hall–Kier alpha value is -1.88. The van der Waals surface area contributed by atoms with E-state index in [1.807, 2.05) is 0 Å². The number of amides is 1. The lowest BCUT2D eigenvalue weighted by atomic mass is 10.1. The summed E-state index contributed by atoms with van der Waals surface area (Å²) in [6.45, 7) is 4.20. The smallest absolute Gasteiger partial charge is 0.335 e. The third-order valence-electron chi connectivity index (χ3n) is 3.88. The normalized spacial score (nSPS) is 18.8. The van der Waals surface area contributed by atoms with Crippen LogP contribution in [0.5, 0.6) is 0 Å². The van der Waals surface area contributed by atoms with Crippen LogP contribution in [0, 0.1) is 0 Å². The Morgan fingerprint density at radius 1 is 1.27 bits per heavy atom. The van der Waals surface area contributed by atoms with Gasteiger partial charge in [0, 0.05) is 25.3 Å². The second kappa shape index (κ2) is 7.94. The fourth-order valence-electron chi connectivity index (χ4n) is 2.69. The third kappa shape index (κ3) is 4.31. The maximum atomic E-state index is 12.5. The van der Waals surface area contributed by atoms with Crippen molar-refractivity contribution in [3.8, 4) is 0 Å². The molecule has 1 heterocycles. The zero-order valence-electron chi connectivity index (χ0n) is 13.0. The van der Waals surface area contributed by atoms with Crippen LogP contribution in [0.2, 0.25) is 0 Å². The highest BCUT2D eigenvalue weighted by Gasteiger charge is 2.22. The van der Waals surface area contributed by atoms with Crippen molar-refractivity contribution in [2.75, 3.05) is 19.7 Å². The first-order valence-electron chi connectivity index (χ1n) is 7.86. The average molecular weight is 305 g/mol. The largest absolute Gasteiger partial charge is 0.478 e. The molecule has 5 nitrogen and oxygen atoms in total. The number of ether oxygens (including phenoxy) is 1. The minimum atomic E-state index is -1.02. The topological polar surface area (TPSA) is 66.8 Å². The minimum Gasteiger partial charge on any atom is -0.478 e. The van der Waals surface area contributed by atoms with Gasteiger partial charge in [0.15, 0.2) is 0 Å². The van der Waals surface area contributed by atoms with E-state index in [1.54, 1.807) is 17.0 Å². The second-order valence-corrected chi connectivity index (χ2v) is 5.60. The maximum Gasteiger partial charge on any atom is 0.335 e. The number of carboxylic acid groups (broad SMARTS) is 1. The molecule has 1 fully saturated rings. The fourth-order valence-corrected chi connectivity index (χ4v) is 2.69. The van der Waals surface area contributed by atoms with Crippen molar-refractivity contribution in [1.29, 1.82) is 0 Å². The molecule has 0 aliphatic carbocycles. The molecule has 1 amide bonds. The number of hydrogen-bond donors (Lipinski definition) is 1. The van der Waals surface area contributed by atoms with Gasteiger partial charge in [0.1, 0.15) is 0 Å². The van der Waals surface area contributed by atoms with Gasteiger partial charge in [-0.05, 0) is 43.9 Å². The number of nitrogens with zero attached hydrogens (tertiary/aromatic N) is 1. The molecule has 2 rings (SSSR count). The van der Waals surface area contributed by atoms with Gasteiger partial charge in [-0.15, -0.1) is 0 Å². The molecule has 1 saturated heterocycles. The first-order chi connectivity index (χ1) is 10.6. The molecular formula is C17H23NO4. The highest BCUT2D eigenvalue weighted by molar-refractivity contribution is 5.97. The van der Waals surface area contributed by atoms with Crippen LogP contribution in [0.3, 0.4) is 0 Å². The summed E-state index contributed by atoms with van der Waals surface area (Å²) in [7, 11) is 0. The van der Waals surface area contributed by atoms with E-state index in [1.165, 1.54) is 12.1 Å². The Morgan fingerprint density at radius 3 is 2.77 bits per heavy atom. The number of carboxylic acids is 1. The first-order valence-corrected chi connectivity index (χ1v) is 7.86. The van der Waals surface area contributed by atoms with Crippen molar-refractivity contribution < 1.29 is 19.4 Å². The third-order valence-corrected chi connectivity index (χ3v) is 3.88. The molecule has 0 aromatic heterocycles. The summed E-state index contributed by atoms with van der Waals surface area (Å²) in [5.74, 6) is -1.11. The van der Waals surface area contributed by atoms with Gasteiger partial charge in [-0.1, -0.05) is 13.0 Å². The summed E-state index contributed by atoms with van der Waals surface area (Å²) in [6, 6.07) is 6.23. The van der Waals surface area contributed by atoms with Gasteiger partial charge in [0.05, 0.1) is 11.7 Å². The molecule has 0 saturated carbocycles. The highest BCUT2D eigenvalue weighted by atomic mass is 16.5. The number of carbonyl (C=O) groups is 2. The van der Waals surface area contributed by atoms with E-state index >= 15 is 0 Å². The molecule has 22 heavy (non-hydrogen) atoms. The van der Waals surface area contributed by atoms with Crippen molar-refractivity contribution >= 4 is 11.9 Å². The number of likely N-dealkylation sites (tertiary alicyclic amines) is 1. The average Bonchev–Trinajstić information content (AvgIpc) is 2.78. The van der Waals surface area contributed by atoms with E-state index in [-0.39, 0.29) is 17.6 Å². The summed E-state index contributed by atoms with van der Waals surface area (Å²) in [5.41, 5.74) is 0.581. The number of rotatable bonds is 5. The lowest BCUT2D eigenvalue weighted by molar-refractivity contribution is 0.0432. The summed E-state index contributed by atoms with van der Waals surface area (Å²) in [4.78, 5) is 25.4. The molecule has 1 aliphatic heterocycles. The molecule has 1 N–H and O–H groups in total. The predicted molar refractivity (Wildman–Crippen MR) is 83.2 cm³/mol. The summed E-state index contributed by atoms with van der Waals surface area (Å²) in [5, 5.41) is 9.02. The molecule has 120 valence electrons. The monoisotopic (exact) mass is 305 g/mol. The Kier molecular flexibility index (Phi) is 5.95. The van der Waals surface area contributed by atoms with Crippen LogP contribution in [0.4, 0.5) is 0 Å². The molecule has 1 atom stereocenters. The summed E-state index contributed by atoms with van der Waals surface area (Å²) >= 11 is 0. The number of aromatic carboxylic acids is 1. The zero-order chi connectivity index (χ0) is 15.9. The van der Waals surface area contributed by atoms with Crippen LogP contribution < -0.4 is 0 Å². The molecule has 1 aromatic carbocycles. The van der Waals surface area contributed by atoms with Crippen molar-refractivity contribution in [2.24, 2.45) is 0 Å². The van der Waals surface area contributed by atoms with Crippen molar-refractivity contribution in [3.05, 3.63) is 35.4 Å². The van der Waals surface area contributed by atoms with Gasteiger partial charge in [-0.3, -0.25) is 4.79 Å². The molecule has 1 aromatic rings. The molecular weight excluding hydrogens is 282 g/mol. The van der Waals surface area contributed by atoms with Gasteiger partial charge in [-0.25, -0.2) is 4.79 Å². The van der Waals surface area contributed by atoms with Gasteiger partial charge in [0.2, 0.25) is 0 Å². The minimum absolute atomic E-state index is 0.0979. The molecule has 5 heteroatoms. The van der Waals surface area contributed by atoms with E-state index in [0.29, 0.717) is 18.7 Å². The Balaban J connectivity index is 2.00. The Bertz CT molecular complexity index is 529. The Morgan fingerprint density at radius 2 is 2.05 bits per heavy atom. The van der Waals surface area contributed by atoms with Gasteiger partial charge < -0.3 is 14.7 Å². The molecule has 1 aliphatic rings. The van der Waals surface area contributed by atoms with Crippen molar-refractivity contribution in [3.63, 3.8) is 0 Å².